The van der Waals surface area contributed by atoms with Crippen molar-refractivity contribution in [2.24, 2.45) is 11.8 Å². The van der Waals surface area contributed by atoms with Crippen LogP contribution in [0.15, 0.2) is 0 Å². The molecule has 2 atom stereocenters. The molecule has 0 amide bonds. The van der Waals surface area contributed by atoms with Gasteiger partial charge in [0.1, 0.15) is 5.78 Å². The smallest absolute Gasteiger partial charge is 0.299 e. The van der Waals surface area contributed by atoms with Gasteiger partial charge in [-0.25, -0.2) is 0 Å². The molecule has 2 nitrogen and oxygen atoms in total. The molecule has 106 valence electrons. The first-order valence-corrected chi connectivity index (χ1v) is 6.52. The van der Waals surface area contributed by atoms with Crippen molar-refractivity contribution in [2.45, 2.75) is 52.3 Å². The monoisotopic (exact) mass is 265 g/mol. The van der Waals surface area contributed by atoms with Gasteiger partial charge in [-0.3, -0.25) is 9.69 Å². The molecule has 0 N–H and O–H groups in total. The number of alkyl halides is 3. The lowest BCUT2D eigenvalue weighted by molar-refractivity contribution is -0.153. The fourth-order valence-electron chi connectivity index (χ4n) is 2.48. The molecule has 0 spiro atoms. The van der Waals surface area contributed by atoms with Crippen LogP contribution in [0.5, 0.6) is 0 Å². The third-order valence-corrected chi connectivity index (χ3v) is 3.59. The van der Waals surface area contributed by atoms with Crippen LogP contribution in [0.1, 0.15) is 40.0 Å². The third-order valence-electron chi connectivity index (χ3n) is 3.59. The molecular weight excluding hydrogens is 243 g/mol. The largest absolute Gasteiger partial charge is 0.401 e. The number of ketones is 1. The highest BCUT2D eigenvalue weighted by Crippen LogP contribution is 2.28. The molecule has 0 aromatic rings. The van der Waals surface area contributed by atoms with Crippen LogP contribution >= 0.6 is 0 Å². The Balaban J connectivity index is 2.62. The van der Waals surface area contributed by atoms with Crippen molar-refractivity contribution in [1.82, 2.24) is 4.90 Å². The maximum absolute atomic E-state index is 12.5. The second-order valence-electron chi connectivity index (χ2n) is 5.68. The van der Waals surface area contributed by atoms with Crippen molar-refractivity contribution in [3.8, 4) is 0 Å². The van der Waals surface area contributed by atoms with Gasteiger partial charge in [0.05, 0.1) is 6.54 Å². The fourth-order valence-corrected chi connectivity index (χ4v) is 2.48. The summed E-state index contributed by atoms with van der Waals surface area (Å²) >= 11 is 0. The first kappa shape index (κ1) is 15.5. The van der Waals surface area contributed by atoms with Gasteiger partial charge in [-0.1, -0.05) is 6.92 Å². The molecule has 0 radical (unpaired) electrons. The summed E-state index contributed by atoms with van der Waals surface area (Å²) in [6.07, 6.45) is -2.09. The number of hydrogen-bond donors (Lipinski definition) is 0. The maximum atomic E-state index is 12.5. The van der Waals surface area contributed by atoms with E-state index < -0.39 is 12.7 Å². The van der Waals surface area contributed by atoms with E-state index in [2.05, 4.69) is 6.92 Å². The topological polar surface area (TPSA) is 20.3 Å². The Morgan fingerprint density at radius 2 is 2.00 bits per heavy atom. The summed E-state index contributed by atoms with van der Waals surface area (Å²) in [7, 11) is 0. The first-order valence-electron chi connectivity index (χ1n) is 6.52. The zero-order valence-corrected chi connectivity index (χ0v) is 11.3. The van der Waals surface area contributed by atoms with E-state index in [1.807, 2.05) is 0 Å². The van der Waals surface area contributed by atoms with E-state index in [0.29, 0.717) is 12.3 Å². The Hall–Kier alpha value is -0.580. The van der Waals surface area contributed by atoms with Crippen LogP contribution in [0.4, 0.5) is 13.2 Å². The number of nitrogens with zero attached hydrogens (tertiary/aromatic N) is 1. The molecule has 1 fully saturated rings. The second-order valence-corrected chi connectivity index (χ2v) is 5.68. The van der Waals surface area contributed by atoms with Gasteiger partial charge < -0.3 is 0 Å². The Bertz CT molecular complexity index is 288. The fraction of sp³-hybridized carbons (Fsp3) is 0.923. The zero-order valence-electron chi connectivity index (χ0n) is 11.3. The van der Waals surface area contributed by atoms with Gasteiger partial charge in [-0.15, -0.1) is 0 Å². The van der Waals surface area contributed by atoms with E-state index in [4.69, 9.17) is 0 Å². The lowest BCUT2D eigenvalue weighted by Gasteiger charge is -2.33. The van der Waals surface area contributed by atoms with Crippen LogP contribution in [0.3, 0.4) is 0 Å². The molecule has 1 aliphatic carbocycles. The quantitative estimate of drug-likeness (QED) is 0.777. The van der Waals surface area contributed by atoms with Crippen molar-refractivity contribution in [3.05, 3.63) is 0 Å². The zero-order chi connectivity index (χ0) is 13.9. The summed E-state index contributed by atoms with van der Waals surface area (Å²) in [5.41, 5.74) is 0. The molecule has 1 saturated carbocycles. The third kappa shape index (κ3) is 4.96. The van der Waals surface area contributed by atoms with E-state index in [0.717, 1.165) is 12.8 Å². The summed E-state index contributed by atoms with van der Waals surface area (Å²) < 4.78 is 37.4. The lowest BCUT2D eigenvalue weighted by atomic mass is 9.81. The minimum absolute atomic E-state index is 0.126. The predicted octanol–water partition coefficient (Wildman–Crippen LogP) is 3.26. The number of carbonyl (C=O) groups is 1. The van der Waals surface area contributed by atoms with E-state index in [1.165, 1.54) is 4.90 Å². The molecule has 0 bridgehead atoms. The number of halogens is 3. The Morgan fingerprint density at radius 3 is 2.50 bits per heavy atom. The minimum Gasteiger partial charge on any atom is -0.299 e. The SMILES string of the molecule is CC1CCC(=O)C(CN(CC(F)(F)F)C(C)C)C1. The van der Waals surface area contributed by atoms with Crippen molar-refractivity contribution >= 4 is 5.78 Å². The van der Waals surface area contributed by atoms with Crippen molar-refractivity contribution in [2.75, 3.05) is 13.1 Å². The normalized spacial score (nSPS) is 26.1. The Kier molecular flexibility index (Phi) is 5.20. The molecule has 2 unspecified atom stereocenters. The van der Waals surface area contributed by atoms with Gasteiger partial charge in [0.2, 0.25) is 0 Å². The van der Waals surface area contributed by atoms with Crippen LogP contribution in [0, 0.1) is 11.8 Å². The van der Waals surface area contributed by atoms with Gasteiger partial charge in [0.25, 0.3) is 0 Å². The number of hydrogen-bond acceptors (Lipinski definition) is 2. The van der Waals surface area contributed by atoms with Crippen LogP contribution in [-0.4, -0.2) is 36.0 Å². The number of carbonyl (C=O) groups excluding carboxylic acids is 1. The molecule has 1 aliphatic rings. The van der Waals surface area contributed by atoms with Crippen LogP contribution in [0.25, 0.3) is 0 Å². The number of rotatable bonds is 4. The van der Waals surface area contributed by atoms with Crippen molar-refractivity contribution < 1.29 is 18.0 Å². The summed E-state index contributed by atoms with van der Waals surface area (Å²) in [5.74, 6) is 0.340. The molecule has 5 heteroatoms. The van der Waals surface area contributed by atoms with Crippen molar-refractivity contribution in [3.63, 3.8) is 0 Å². The van der Waals surface area contributed by atoms with Gasteiger partial charge in [0, 0.05) is 24.9 Å². The summed E-state index contributed by atoms with van der Waals surface area (Å²) in [4.78, 5) is 13.1. The Labute approximate surface area is 107 Å². The Morgan fingerprint density at radius 1 is 1.39 bits per heavy atom. The molecule has 18 heavy (non-hydrogen) atoms. The van der Waals surface area contributed by atoms with Crippen LogP contribution in [-0.2, 0) is 4.79 Å². The molecule has 0 aromatic heterocycles. The molecule has 0 saturated heterocycles. The average molecular weight is 265 g/mol. The van der Waals surface area contributed by atoms with Gasteiger partial charge in [0.15, 0.2) is 0 Å². The average Bonchev–Trinajstić information content (AvgIpc) is 2.20. The van der Waals surface area contributed by atoms with E-state index in [-0.39, 0.29) is 24.3 Å². The van der Waals surface area contributed by atoms with Gasteiger partial charge in [-0.2, -0.15) is 13.2 Å². The van der Waals surface area contributed by atoms with Gasteiger partial charge >= 0.3 is 6.18 Å². The van der Waals surface area contributed by atoms with Crippen LogP contribution in [0.2, 0.25) is 0 Å². The molecule has 1 rings (SSSR count). The highest BCUT2D eigenvalue weighted by Gasteiger charge is 2.35. The van der Waals surface area contributed by atoms with E-state index in [1.54, 1.807) is 13.8 Å². The van der Waals surface area contributed by atoms with Crippen LogP contribution < -0.4 is 0 Å². The first-order chi connectivity index (χ1) is 8.19. The number of Topliss-reactive ketones (excluding diaryl/α,β-unsaturated/α-hetero) is 1. The van der Waals surface area contributed by atoms with Crippen molar-refractivity contribution in [1.29, 1.82) is 0 Å². The highest BCUT2D eigenvalue weighted by atomic mass is 19.4. The molecule has 0 aromatic carbocycles. The minimum atomic E-state index is -4.20. The second kappa shape index (κ2) is 6.04. The standard InChI is InChI=1S/C13H22F3NO/c1-9(2)17(8-13(14,15)16)7-11-6-10(3)4-5-12(11)18/h9-11H,4-8H2,1-3H3. The summed E-state index contributed by atoms with van der Waals surface area (Å²) in [6.45, 7) is 4.84. The van der Waals surface area contributed by atoms with Gasteiger partial charge in [-0.05, 0) is 32.6 Å². The maximum Gasteiger partial charge on any atom is 0.401 e. The summed E-state index contributed by atoms with van der Waals surface area (Å²) in [6, 6.07) is -0.198. The predicted molar refractivity (Wildman–Crippen MR) is 64.3 cm³/mol. The summed E-state index contributed by atoms with van der Waals surface area (Å²) in [5, 5.41) is 0. The van der Waals surface area contributed by atoms with E-state index in [9.17, 15) is 18.0 Å². The lowest BCUT2D eigenvalue weighted by Crippen LogP contribution is -2.44. The molecule has 0 heterocycles. The molecule has 0 aliphatic heterocycles. The molecular formula is C13H22F3NO. The van der Waals surface area contributed by atoms with E-state index >= 15 is 0 Å². The highest BCUT2D eigenvalue weighted by molar-refractivity contribution is 5.81.